The van der Waals surface area contributed by atoms with Crippen LogP contribution in [-0.4, -0.2) is 69.4 Å². The molecule has 3 atom stereocenters. The van der Waals surface area contributed by atoms with Gasteiger partial charge in [0, 0.05) is 12.8 Å². The zero-order chi connectivity index (χ0) is 57.9. The highest BCUT2D eigenvalue weighted by Gasteiger charge is 2.27. The Hall–Kier alpha value is -3.33. The summed E-state index contributed by atoms with van der Waals surface area (Å²) in [5.74, 6) is -0.572. The molecule has 10 heteroatoms. The Labute approximate surface area is 487 Å². The molecule has 1 amide bonds. The van der Waals surface area contributed by atoms with Gasteiger partial charge in [-0.15, -0.1) is 0 Å². The average molecular weight is 1120 g/mol. The minimum absolute atomic E-state index is 0.0317. The van der Waals surface area contributed by atoms with Crippen LogP contribution in [0.1, 0.15) is 265 Å². The molecule has 0 spiro atoms. The Morgan fingerprint density at radius 2 is 0.810 bits per heavy atom. The average Bonchev–Trinajstić information content (AvgIpc) is 3.41. The van der Waals surface area contributed by atoms with Crippen LogP contribution in [-0.2, 0) is 27.9 Å². The van der Waals surface area contributed by atoms with Crippen LogP contribution in [0.5, 0.6) is 0 Å². The summed E-state index contributed by atoms with van der Waals surface area (Å²) in [4.78, 5) is 40.0. The Bertz CT molecular complexity index is 1720. The third-order valence-electron chi connectivity index (χ3n) is 13.7. The maximum Gasteiger partial charge on any atom is 0.306 e. The van der Waals surface area contributed by atoms with E-state index in [0.717, 1.165) is 135 Å². The summed E-state index contributed by atoms with van der Waals surface area (Å²) in [5, 5.41) is 3.02. The van der Waals surface area contributed by atoms with E-state index in [1.54, 1.807) is 0 Å². The molecule has 0 saturated heterocycles. The maximum absolute atomic E-state index is 13.5. The summed E-state index contributed by atoms with van der Waals surface area (Å²) < 4.78 is 30.3. The molecular weight excluding hydrogens is 1000 g/mol. The molecule has 0 heterocycles. The van der Waals surface area contributed by atoms with Gasteiger partial charge in [0.05, 0.1) is 33.8 Å². The van der Waals surface area contributed by atoms with Crippen LogP contribution >= 0.6 is 7.82 Å². The lowest BCUT2D eigenvalue weighted by Crippen LogP contribution is -2.47. The predicted octanol–water partition coefficient (Wildman–Crippen LogP) is 19.5. The number of rotatable bonds is 57. The Balaban J connectivity index is 5.19. The third-order valence-corrected chi connectivity index (χ3v) is 14.7. The van der Waals surface area contributed by atoms with Crippen molar-refractivity contribution < 1.29 is 37.3 Å². The van der Waals surface area contributed by atoms with Gasteiger partial charge in [-0.1, -0.05) is 246 Å². The van der Waals surface area contributed by atoms with Gasteiger partial charge in [0.2, 0.25) is 5.91 Å². The highest BCUT2D eigenvalue weighted by atomic mass is 31.2. The van der Waals surface area contributed by atoms with Crippen molar-refractivity contribution in [2.24, 2.45) is 0 Å². The van der Waals surface area contributed by atoms with Gasteiger partial charge in [-0.3, -0.25) is 14.2 Å². The predicted molar refractivity (Wildman–Crippen MR) is 339 cm³/mol. The number of amides is 1. The van der Waals surface area contributed by atoms with Gasteiger partial charge < -0.3 is 28.5 Å². The number of quaternary nitrogens is 1. The van der Waals surface area contributed by atoms with Crippen molar-refractivity contribution in [2.75, 3.05) is 40.9 Å². The topological polar surface area (TPSA) is 114 Å². The zero-order valence-corrected chi connectivity index (χ0v) is 52.7. The second kappa shape index (κ2) is 57.9. The van der Waals surface area contributed by atoms with Gasteiger partial charge in [0.1, 0.15) is 19.3 Å². The molecule has 0 bridgehead atoms. The quantitative estimate of drug-likeness (QED) is 0.0212. The third kappa shape index (κ3) is 59.1. The van der Waals surface area contributed by atoms with Gasteiger partial charge in [-0.05, 0) is 115 Å². The zero-order valence-electron chi connectivity index (χ0n) is 51.8. The Morgan fingerprint density at radius 3 is 1.24 bits per heavy atom. The molecule has 1 N–H and O–H groups in total. The number of likely N-dealkylation sites (N-methyl/N-ethyl adjacent to an activating group) is 1. The summed E-state index contributed by atoms with van der Waals surface area (Å²) in [6.45, 7) is 6.68. The second-order valence-electron chi connectivity index (χ2n) is 22.5. The van der Waals surface area contributed by atoms with Crippen LogP contribution in [0.15, 0.2) is 109 Å². The van der Waals surface area contributed by atoms with Crippen molar-refractivity contribution in [2.45, 2.75) is 277 Å². The fraction of sp³-hybridized carbons (Fsp3) is 0.710. The van der Waals surface area contributed by atoms with E-state index in [9.17, 15) is 19.0 Å². The summed E-state index contributed by atoms with van der Waals surface area (Å²) in [5.41, 5.74) is 0. The molecule has 454 valence electrons. The number of hydrogen-bond donors (Lipinski definition) is 1. The monoisotopic (exact) mass is 1120 g/mol. The van der Waals surface area contributed by atoms with Crippen molar-refractivity contribution in [3.05, 3.63) is 109 Å². The first-order valence-corrected chi connectivity index (χ1v) is 33.7. The lowest BCUT2D eigenvalue weighted by molar-refractivity contribution is -0.870. The number of nitrogens with one attached hydrogen (secondary N) is 1. The van der Waals surface area contributed by atoms with Crippen molar-refractivity contribution in [3.8, 4) is 0 Å². The molecule has 3 unspecified atom stereocenters. The molecule has 0 aliphatic carbocycles. The molecule has 0 aromatic rings. The molecule has 0 aliphatic heterocycles. The number of carbonyl (C=O) groups excluding carboxylic acids is 2. The van der Waals surface area contributed by atoms with E-state index < -0.39 is 26.6 Å². The number of phosphoric ester groups is 1. The van der Waals surface area contributed by atoms with E-state index >= 15 is 0 Å². The second-order valence-corrected chi connectivity index (χ2v) is 23.9. The molecule has 0 aromatic carbocycles. The number of esters is 1. The lowest BCUT2D eigenvalue weighted by Gasteiger charge is -2.30. The van der Waals surface area contributed by atoms with E-state index in [1.165, 1.54) is 89.9 Å². The normalized spacial score (nSPS) is 14.4. The molecule has 0 fully saturated rings. The highest BCUT2D eigenvalue weighted by Crippen LogP contribution is 2.38. The summed E-state index contributed by atoms with van der Waals surface area (Å²) in [6.07, 6.45) is 79.1. The van der Waals surface area contributed by atoms with Crippen molar-refractivity contribution >= 4 is 19.7 Å². The molecule has 9 nitrogen and oxygen atoms in total. The highest BCUT2D eigenvalue weighted by molar-refractivity contribution is 7.45. The van der Waals surface area contributed by atoms with Crippen LogP contribution in [0.3, 0.4) is 0 Å². The van der Waals surface area contributed by atoms with Crippen molar-refractivity contribution in [1.29, 1.82) is 0 Å². The molecule has 79 heavy (non-hydrogen) atoms. The number of ether oxygens (including phenoxy) is 1. The number of carbonyl (C=O) groups is 2. The minimum atomic E-state index is -4.71. The summed E-state index contributed by atoms with van der Waals surface area (Å²) >= 11 is 0. The van der Waals surface area contributed by atoms with Crippen LogP contribution in [0, 0.1) is 0 Å². The van der Waals surface area contributed by atoms with Gasteiger partial charge in [0.15, 0.2) is 0 Å². The number of unbranched alkanes of at least 4 members (excludes halogenated alkanes) is 25. The molecule has 0 aliphatic rings. The Kier molecular flexibility index (Phi) is 55.4. The van der Waals surface area contributed by atoms with Gasteiger partial charge in [0.25, 0.3) is 7.82 Å². The van der Waals surface area contributed by atoms with Gasteiger partial charge in [-0.25, -0.2) is 0 Å². The summed E-state index contributed by atoms with van der Waals surface area (Å²) in [6, 6.07) is -0.905. The van der Waals surface area contributed by atoms with Crippen molar-refractivity contribution in [1.82, 2.24) is 5.32 Å². The Morgan fingerprint density at radius 1 is 0.456 bits per heavy atom. The molecule has 0 radical (unpaired) electrons. The maximum atomic E-state index is 13.5. The fourth-order valence-electron chi connectivity index (χ4n) is 8.73. The molecule has 0 aromatic heterocycles. The van der Waals surface area contributed by atoms with E-state index in [1.807, 2.05) is 33.3 Å². The van der Waals surface area contributed by atoms with E-state index in [-0.39, 0.29) is 24.9 Å². The standard InChI is InChI=1S/C69H121N2O7P/c1-7-10-13-16-19-22-25-27-29-31-32-33-34-35-36-37-38-40-42-44-47-50-53-56-59-62-69(73)78-67(60-57-54-51-48-45-24-21-18-15-12-9-3)66(65-77-79(74,75)76-64-63-71(4,5)6)70-68(72)61-58-55-52-49-46-43-41-39-30-28-26-23-20-17-14-11-8-2/h10,13,19-20,22-23,27-30,32-33,35-36,38,40,57,60,66-67H,7-9,11-12,14-18,21,24-26,31,34,37,39,41-56,58-59,61-65H2,1-6H3,(H-,70,72,74,75)/b13-10-,22-19-,23-20-,29-27-,30-28-,33-32-,36-35-,40-38-,60-57-. The minimum Gasteiger partial charge on any atom is -0.756 e. The molecule has 0 saturated carbocycles. The summed E-state index contributed by atoms with van der Waals surface area (Å²) in [7, 11) is 1.16. The van der Waals surface area contributed by atoms with Gasteiger partial charge in [-0.2, -0.15) is 0 Å². The number of nitrogens with zero attached hydrogens (tertiary/aromatic N) is 1. The van der Waals surface area contributed by atoms with E-state index in [0.29, 0.717) is 23.9 Å². The first-order chi connectivity index (χ1) is 38.4. The first kappa shape index (κ1) is 75.7. The van der Waals surface area contributed by atoms with E-state index in [4.69, 9.17) is 13.8 Å². The van der Waals surface area contributed by atoms with Crippen molar-refractivity contribution in [3.63, 3.8) is 0 Å². The van der Waals surface area contributed by atoms with Crippen LogP contribution in [0.4, 0.5) is 0 Å². The molecular formula is C69H121N2O7P. The van der Waals surface area contributed by atoms with E-state index in [2.05, 4.69) is 123 Å². The number of phosphoric acid groups is 1. The van der Waals surface area contributed by atoms with Crippen LogP contribution in [0.25, 0.3) is 0 Å². The number of allylic oxidation sites excluding steroid dienone is 17. The lowest BCUT2D eigenvalue weighted by atomic mass is 10.1. The van der Waals surface area contributed by atoms with Gasteiger partial charge >= 0.3 is 5.97 Å². The largest absolute Gasteiger partial charge is 0.756 e. The van der Waals surface area contributed by atoms with Crippen LogP contribution < -0.4 is 10.2 Å². The number of hydrogen-bond acceptors (Lipinski definition) is 7. The first-order valence-electron chi connectivity index (χ1n) is 32.2. The smallest absolute Gasteiger partial charge is 0.306 e. The fourth-order valence-corrected chi connectivity index (χ4v) is 9.45. The SMILES string of the molecule is CC/C=C\C/C=C\C/C=C\C/C=C\C/C=C\C/C=C\CCCCCCCCC(=O)OC(/C=C\CCCCCCCCCCC)C(COP(=O)([O-])OCC[N+](C)(C)C)NC(=O)CCCCCCCCC/C=C\C/C=C\CCCCC. The van der Waals surface area contributed by atoms with Crippen LogP contribution in [0.2, 0.25) is 0 Å². The molecule has 0 rings (SSSR count).